The molecule has 1 atom stereocenters. The molecular weight excluding hydrogens is 282 g/mol. The molecule has 1 aromatic heterocycles. The number of carbonyl (C=O) groups is 1. The fourth-order valence-corrected chi connectivity index (χ4v) is 2.30. The van der Waals surface area contributed by atoms with Crippen LogP contribution in [0.15, 0.2) is 22.8 Å². The number of likely N-dealkylation sites (tertiary alicyclic amines) is 1. The second-order valence-electron chi connectivity index (χ2n) is 4.24. The van der Waals surface area contributed by atoms with Gasteiger partial charge in [-0.25, -0.2) is 4.98 Å². The first-order valence-corrected chi connectivity index (χ1v) is 6.58. The summed E-state index contributed by atoms with van der Waals surface area (Å²) in [5, 5.41) is 3.23. The van der Waals surface area contributed by atoms with Crippen LogP contribution >= 0.6 is 15.9 Å². The van der Waals surface area contributed by atoms with Gasteiger partial charge in [0.25, 0.3) is 5.91 Å². The predicted octanol–water partition coefficient (Wildman–Crippen LogP) is 1.67. The highest BCUT2D eigenvalue weighted by atomic mass is 79.9. The molecule has 92 valence electrons. The molecular formula is C12H16BrN3O. The van der Waals surface area contributed by atoms with Crippen molar-refractivity contribution in [2.75, 3.05) is 20.1 Å². The average molecular weight is 298 g/mol. The quantitative estimate of drug-likeness (QED) is 0.903. The monoisotopic (exact) mass is 297 g/mol. The van der Waals surface area contributed by atoms with Gasteiger partial charge in [-0.3, -0.25) is 4.79 Å². The topological polar surface area (TPSA) is 45.2 Å². The van der Waals surface area contributed by atoms with Gasteiger partial charge in [-0.05, 0) is 48.0 Å². The van der Waals surface area contributed by atoms with Gasteiger partial charge in [-0.2, -0.15) is 0 Å². The van der Waals surface area contributed by atoms with Gasteiger partial charge >= 0.3 is 0 Å². The Labute approximate surface area is 110 Å². The van der Waals surface area contributed by atoms with Crippen LogP contribution in [-0.2, 0) is 0 Å². The molecule has 1 saturated heterocycles. The van der Waals surface area contributed by atoms with Crippen molar-refractivity contribution >= 4 is 21.8 Å². The highest BCUT2D eigenvalue weighted by molar-refractivity contribution is 9.10. The summed E-state index contributed by atoms with van der Waals surface area (Å²) in [5.41, 5.74) is 0.518. The maximum atomic E-state index is 12.2. The SMILES string of the molecule is CNC1CCCN(C(=O)c2ccc(Br)cn2)C1. The summed E-state index contributed by atoms with van der Waals surface area (Å²) in [5.74, 6) is 0.0254. The fourth-order valence-electron chi connectivity index (χ4n) is 2.06. The molecule has 17 heavy (non-hydrogen) atoms. The number of halogens is 1. The molecule has 1 aliphatic heterocycles. The van der Waals surface area contributed by atoms with Crippen molar-refractivity contribution in [1.29, 1.82) is 0 Å². The Morgan fingerprint density at radius 1 is 1.59 bits per heavy atom. The van der Waals surface area contributed by atoms with E-state index in [9.17, 15) is 4.79 Å². The summed E-state index contributed by atoms with van der Waals surface area (Å²) in [6, 6.07) is 4.01. The minimum Gasteiger partial charge on any atom is -0.336 e. The van der Waals surface area contributed by atoms with Crippen LogP contribution in [0.3, 0.4) is 0 Å². The average Bonchev–Trinajstić information content (AvgIpc) is 2.39. The summed E-state index contributed by atoms with van der Waals surface area (Å²) in [6.07, 6.45) is 3.84. The number of hydrogen-bond acceptors (Lipinski definition) is 3. The smallest absolute Gasteiger partial charge is 0.272 e. The standard InChI is InChI=1S/C12H16BrN3O/c1-14-10-3-2-6-16(8-10)12(17)11-5-4-9(13)7-15-11/h4-5,7,10,14H,2-3,6,8H2,1H3. The molecule has 2 heterocycles. The van der Waals surface area contributed by atoms with Gasteiger partial charge in [0.1, 0.15) is 5.69 Å². The molecule has 0 aromatic carbocycles. The number of rotatable bonds is 2. The summed E-state index contributed by atoms with van der Waals surface area (Å²) < 4.78 is 0.890. The molecule has 1 aromatic rings. The molecule has 4 nitrogen and oxygen atoms in total. The Balaban J connectivity index is 2.06. The van der Waals surface area contributed by atoms with E-state index in [1.54, 1.807) is 12.3 Å². The molecule has 1 N–H and O–H groups in total. The third-order valence-electron chi connectivity index (χ3n) is 3.06. The summed E-state index contributed by atoms with van der Waals surface area (Å²) in [4.78, 5) is 18.2. The van der Waals surface area contributed by atoms with Crippen LogP contribution in [0.4, 0.5) is 0 Å². The zero-order valence-corrected chi connectivity index (χ0v) is 11.4. The molecule has 0 saturated carbocycles. The van der Waals surface area contributed by atoms with E-state index >= 15 is 0 Å². The van der Waals surface area contributed by atoms with E-state index in [-0.39, 0.29) is 5.91 Å². The van der Waals surface area contributed by atoms with Gasteiger partial charge in [0.05, 0.1) is 0 Å². The van der Waals surface area contributed by atoms with Crippen LogP contribution in [0.25, 0.3) is 0 Å². The fraction of sp³-hybridized carbons (Fsp3) is 0.500. The first-order valence-electron chi connectivity index (χ1n) is 5.79. The predicted molar refractivity (Wildman–Crippen MR) is 69.9 cm³/mol. The van der Waals surface area contributed by atoms with Crippen LogP contribution in [0.2, 0.25) is 0 Å². The number of nitrogens with one attached hydrogen (secondary N) is 1. The van der Waals surface area contributed by atoms with E-state index in [4.69, 9.17) is 0 Å². The third kappa shape index (κ3) is 3.04. The number of pyridine rings is 1. The maximum absolute atomic E-state index is 12.2. The Hall–Kier alpha value is -0.940. The Morgan fingerprint density at radius 3 is 3.06 bits per heavy atom. The van der Waals surface area contributed by atoms with Gasteiger partial charge in [0, 0.05) is 29.8 Å². The van der Waals surface area contributed by atoms with Crippen molar-refractivity contribution < 1.29 is 4.79 Å². The van der Waals surface area contributed by atoms with Crippen LogP contribution in [-0.4, -0.2) is 42.0 Å². The van der Waals surface area contributed by atoms with Crippen molar-refractivity contribution in [1.82, 2.24) is 15.2 Å². The van der Waals surface area contributed by atoms with Crippen LogP contribution in [0.5, 0.6) is 0 Å². The van der Waals surface area contributed by atoms with Crippen molar-refractivity contribution in [3.63, 3.8) is 0 Å². The van der Waals surface area contributed by atoms with Crippen molar-refractivity contribution in [3.05, 3.63) is 28.5 Å². The second-order valence-corrected chi connectivity index (χ2v) is 5.16. The molecule has 1 fully saturated rings. The summed E-state index contributed by atoms with van der Waals surface area (Å²) >= 11 is 3.31. The normalized spacial score (nSPS) is 20.4. The van der Waals surface area contributed by atoms with E-state index in [1.165, 1.54) is 0 Å². The number of likely N-dealkylation sites (N-methyl/N-ethyl adjacent to an activating group) is 1. The van der Waals surface area contributed by atoms with Crippen molar-refractivity contribution in [2.24, 2.45) is 0 Å². The zero-order valence-electron chi connectivity index (χ0n) is 9.82. The lowest BCUT2D eigenvalue weighted by molar-refractivity contribution is 0.0692. The molecule has 0 aliphatic carbocycles. The minimum atomic E-state index is 0.0254. The first kappa shape index (κ1) is 12.5. The molecule has 1 amide bonds. The lowest BCUT2D eigenvalue weighted by atomic mass is 10.1. The Kier molecular flexibility index (Phi) is 4.12. The third-order valence-corrected chi connectivity index (χ3v) is 3.53. The lowest BCUT2D eigenvalue weighted by Crippen LogP contribution is -2.47. The summed E-state index contributed by atoms with van der Waals surface area (Å²) in [6.45, 7) is 1.60. The van der Waals surface area contributed by atoms with Gasteiger partial charge in [0.15, 0.2) is 0 Å². The van der Waals surface area contributed by atoms with Crippen molar-refractivity contribution in [3.8, 4) is 0 Å². The Bertz CT molecular complexity index is 393. The van der Waals surface area contributed by atoms with Crippen LogP contribution in [0.1, 0.15) is 23.3 Å². The minimum absolute atomic E-state index is 0.0254. The molecule has 1 aliphatic rings. The van der Waals surface area contributed by atoms with E-state index in [0.29, 0.717) is 11.7 Å². The number of nitrogens with zero attached hydrogens (tertiary/aromatic N) is 2. The number of amides is 1. The van der Waals surface area contributed by atoms with Gasteiger partial charge in [-0.1, -0.05) is 0 Å². The van der Waals surface area contributed by atoms with Crippen LogP contribution < -0.4 is 5.32 Å². The molecule has 0 spiro atoms. The van der Waals surface area contributed by atoms with E-state index in [1.807, 2.05) is 18.0 Å². The molecule has 0 radical (unpaired) electrons. The number of aromatic nitrogens is 1. The largest absolute Gasteiger partial charge is 0.336 e. The highest BCUT2D eigenvalue weighted by Gasteiger charge is 2.23. The van der Waals surface area contributed by atoms with E-state index in [2.05, 4.69) is 26.2 Å². The molecule has 1 unspecified atom stereocenters. The molecule has 2 rings (SSSR count). The van der Waals surface area contributed by atoms with Crippen LogP contribution in [0, 0.1) is 0 Å². The molecule has 0 bridgehead atoms. The highest BCUT2D eigenvalue weighted by Crippen LogP contribution is 2.14. The van der Waals surface area contributed by atoms with Gasteiger partial charge < -0.3 is 10.2 Å². The second kappa shape index (κ2) is 5.60. The van der Waals surface area contributed by atoms with Gasteiger partial charge in [0.2, 0.25) is 0 Å². The number of piperidine rings is 1. The molecule has 5 heteroatoms. The van der Waals surface area contributed by atoms with Gasteiger partial charge in [-0.15, -0.1) is 0 Å². The maximum Gasteiger partial charge on any atom is 0.272 e. The number of carbonyl (C=O) groups excluding carboxylic acids is 1. The van der Waals surface area contributed by atoms with E-state index in [0.717, 1.165) is 30.4 Å². The lowest BCUT2D eigenvalue weighted by Gasteiger charge is -2.32. The zero-order chi connectivity index (χ0) is 12.3. The number of hydrogen-bond donors (Lipinski definition) is 1. The van der Waals surface area contributed by atoms with Crippen molar-refractivity contribution in [2.45, 2.75) is 18.9 Å². The Morgan fingerprint density at radius 2 is 2.41 bits per heavy atom. The first-order chi connectivity index (χ1) is 8.20. The summed E-state index contributed by atoms with van der Waals surface area (Å²) in [7, 11) is 1.94. The van der Waals surface area contributed by atoms with E-state index < -0.39 is 0 Å².